The molecule has 3 aromatic carbocycles. The highest BCUT2D eigenvalue weighted by Gasteiger charge is 2.42. The number of fused-ring (bicyclic) bond motifs is 1. The number of carbonyl (C=O) groups excluding carboxylic acids is 3. The molecule has 0 unspecified atom stereocenters. The molecule has 4 N–H and O–H groups in total. The number of benzene rings is 3. The van der Waals surface area contributed by atoms with E-state index in [0.29, 0.717) is 53.3 Å². The maximum atomic E-state index is 13.9. The van der Waals surface area contributed by atoms with Gasteiger partial charge in [-0.1, -0.05) is 39.0 Å². The molecule has 1 aromatic heterocycles. The lowest BCUT2D eigenvalue weighted by molar-refractivity contribution is -0.143. The molecule has 0 radical (unpaired) electrons. The fourth-order valence-electron chi connectivity index (χ4n) is 5.55. The van der Waals surface area contributed by atoms with Gasteiger partial charge in [-0.25, -0.2) is 9.97 Å². The summed E-state index contributed by atoms with van der Waals surface area (Å²) in [6, 6.07) is 18.5. The summed E-state index contributed by atoms with van der Waals surface area (Å²) in [4.78, 5) is 50.9. The van der Waals surface area contributed by atoms with Gasteiger partial charge in [0.25, 0.3) is 0 Å². The van der Waals surface area contributed by atoms with Crippen LogP contribution < -0.4 is 30.7 Å². The minimum absolute atomic E-state index is 0. The van der Waals surface area contributed by atoms with Crippen molar-refractivity contribution in [3.8, 4) is 17.2 Å². The number of hydrogen-bond donors (Lipinski definition) is 4. The number of anilines is 3. The van der Waals surface area contributed by atoms with E-state index in [0.717, 1.165) is 11.4 Å². The summed E-state index contributed by atoms with van der Waals surface area (Å²) in [5.74, 6) is 1.47. The Morgan fingerprint density at radius 3 is 2.33 bits per heavy atom. The van der Waals surface area contributed by atoms with Crippen LogP contribution in [0.2, 0.25) is 0 Å². The standard InChI is InChI=1S/C36H43N7O5.ClH/c1-22(37-5)33(44)42-31(36(2,3)4)35(46)43-18-10-13-29(43)34(45)41-28-19-26-27(20-30(28)47-6)38-21-39-32(26)40-23-14-16-25(17-15-23)48-24-11-8-7-9-12-24;/h7-9,11-12,14-17,19-22,29,31,37H,10,13,18H2,1-6H3,(H,41,45)(H,42,44)(H,38,39,40);1H/t22-,29-,31+;/m0./s1. The lowest BCUT2D eigenvalue weighted by atomic mass is 9.85. The maximum absolute atomic E-state index is 13.9. The van der Waals surface area contributed by atoms with E-state index in [1.807, 2.05) is 75.4 Å². The van der Waals surface area contributed by atoms with Crippen LogP contribution in [0.25, 0.3) is 10.9 Å². The lowest BCUT2D eigenvalue weighted by Crippen LogP contribution is -2.59. The topological polar surface area (TPSA) is 147 Å². The van der Waals surface area contributed by atoms with E-state index < -0.39 is 23.5 Å². The molecule has 260 valence electrons. The molecule has 2 heterocycles. The third kappa shape index (κ3) is 8.76. The molecule has 1 aliphatic heterocycles. The molecule has 3 atom stereocenters. The van der Waals surface area contributed by atoms with Crippen molar-refractivity contribution in [1.82, 2.24) is 25.5 Å². The Hall–Kier alpha value is -4.94. The summed E-state index contributed by atoms with van der Waals surface area (Å²) < 4.78 is 11.5. The number of ether oxygens (including phenoxy) is 2. The Bertz CT molecular complexity index is 1770. The van der Waals surface area contributed by atoms with E-state index in [4.69, 9.17) is 9.47 Å². The van der Waals surface area contributed by atoms with Gasteiger partial charge >= 0.3 is 0 Å². The zero-order valence-corrected chi connectivity index (χ0v) is 29.4. The van der Waals surface area contributed by atoms with Gasteiger partial charge < -0.3 is 35.6 Å². The van der Waals surface area contributed by atoms with Crippen LogP contribution in [0.4, 0.5) is 17.2 Å². The number of methoxy groups -OCH3 is 1. The number of halogens is 1. The van der Waals surface area contributed by atoms with Crippen molar-refractivity contribution in [2.24, 2.45) is 5.41 Å². The van der Waals surface area contributed by atoms with Crippen molar-refractivity contribution in [1.29, 1.82) is 0 Å². The first-order valence-electron chi connectivity index (χ1n) is 16.0. The molecule has 0 spiro atoms. The number of likely N-dealkylation sites (N-methyl/N-ethyl adjacent to an activating group) is 1. The molecule has 13 heteroatoms. The van der Waals surface area contributed by atoms with Crippen LogP contribution in [0.5, 0.6) is 17.2 Å². The van der Waals surface area contributed by atoms with Crippen molar-refractivity contribution in [3.63, 3.8) is 0 Å². The summed E-state index contributed by atoms with van der Waals surface area (Å²) in [7, 11) is 3.20. The van der Waals surface area contributed by atoms with E-state index in [1.54, 1.807) is 31.0 Å². The summed E-state index contributed by atoms with van der Waals surface area (Å²) >= 11 is 0. The van der Waals surface area contributed by atoms with Crippen LogP contribution >= 0.6 is 12.4 Å². The van der Waals surface area contributed by atoms with Crippen LogP contribution in [-0.2, 0) is 14.4 Å². The Kier molecular flexibility index (Phi) is 12.0. The number of likely N-dealkylation sites (tertiary alicyclic amines) is 1. The normalized spacial score (nSPS) is 15.5. The van der Waals surface area contributed by atoms with E-state index >= 15 is 0 Å². The third-order valence-corrected chi connectivity index (χ3v) is 8.37. The van der Waals surface area contributed by atoms with E-state index in [1.165, 1.54) is 13.4 Å². The van der Waals surface area contributed by atoms with Crippen molar-refractivity contribution < 1.29 is 23.9 Å². The lowest BCUT2D eigenvalue weighted by Gasteiger charge is -2.36. The van der Waals surface area contributed by atoms with Gasteiger partial charge in [0.15, 0.2) is 0 Å². The predicted molar refractivity (Wildman–Crippen MR) is 193 cm³/mol. The number of amides is 3. The van der Waals surface area contributed by atoms with Gasteiger partial charge in [-0.2, -0.15) is 0 Å². The molecule has 5 rings (SSSR count). The average Bonchev–Trinajstić information content (AvgIpc) is 3.58. The highest BCUT2D eigenvalue weighted by atomic mass is 35.5. The second kappa shape index (κ2) is 16.0. The number of nitrogens with one attached hydrogen (secondary N) is 4. The predicted octanol–water partition coefficient (Wildman–Crippen LogP) is 5.66. The van der Waals surface area contributed by atoms with Gasteiger partial charge in [-0.3, -0.25) is 14.4 Å². The Morgan fingerprint density at radius 2 is 1.67 bits per heavy atom. The summed E-state index contributed by atoms with van der Waals surface area (Å²) in [6.07, 6.45) is 2.61. The smallest absolute Gasteiger partial charge is 0.247 e. The average molecular weight is 690 g/mol. The molecule has 4 aromatic rings. The fraction of sp³-hybridized carbons (Fsp3) is 0.361. The minimum atomic E-state index is -0.811. The Morgan fingerprint density at radius 1 is 0.980 bits per heavy atom. The van der Waals surface area contributed by atoms with E-state index in [9.17, 15) is 14.4 Å². The molecule has 3 amide bonds. The molecular formula is C36H44ClN7O5. The van der Waals surface area contributed by atoms with Crippen LogP contribution in [0, 0.1) is 5.41 Å². The first kappa shape index (κ1) is 36.9. The largest absolute Gasteiger partial charge is 0.494 e. The monoisotopic (exact) mass is 689 g/mol. The zero-order valence-electron chi connectivity index (χ0n) is 28.6. The second-order valence-electron chi connectivity index (χ2n) is 12.9. The number of hydrogen-bond acceptors (Lipinski definition) is 9. The molecule has 1 aliphatic rings. The molecule has 0 aliphatic carbocycles. The molecule has 49 heavy (non-hydrogen) atoms. The first-order chi connectivity index (χ1) is 23.0. The Labute approximate surface area is 292 Å². The van der Waals surface area contributed by atoms with Gasteiger partial charge in [-0.05, 0) is 74.7 Å². The number of aromatic nitrogens is 2. The van der Waals surface area contributed by atoms with Crippen LogP contribution in [-0.4, -0.2) is 71.4 Å². The van der Waals surface area contributed by atoms with Crippen molar-refractivity contribution in [2.45, 2.75) is 58.7 Å². The second-order valence-corrected chi connectivity index (χ2v) is 12.9. The SMILES string of the molecule is CN[C@@H](C)C(=O)N[C@H](C(=O)N1CCC[C@H]1C(=O)Nc1cc2c(Nc3ccc(Oc4ccccc4)cc3)ncnc2cc1OC)C(C)(C)C.Cl. The molecule has 1 fully saturated rings. The molecule has 1 saturated heterocycles. The zero-order chi connectivity index (χ0) is 34.4. The quantitative estimate of drug-likeness (QED) is 0.157. The molecular weight excluding hydrogens is 646 g/mol. The summed E-state index contributed by atoms with van der Waals surface area (Å²) in [6.45, 7) is 7.82. The number of carbonyl (C=O) groups is 3. The van der Waals surface area contributed by atoms with Crippen molar-refractivity contribution >= 4 is 58.2 Å². The van der Waals surface area contributed by atoms with E-state index in [-0.39, 0.29) is 30.1 Å². The summed E-state index contributed by atoms with van der Waals surface area (Å²) in [5, 5.41) is 12.8. The van der Waals surface area contributed by atoms with E-state index in [2.05, 4.69) is 31.2 Å². The number of rotatable bonds is 11. The number of para-hydroxylation sites is 1. The first-order valence-corrected chi connectivity index (χ1v) is 16.0. The van der Waals surface area contributed by atoms with Crippen molar-refractivity contribution in [2.75, 3.05) is 31.3 Å². The minimum Gasteiger partial charge on any atom is -0.494 e. The fourth-order valence-corrected chi connectivity index (χ4v) is 5.55. The third-order valence-electron chi connectivity index (χ3n) is 8.37. The Balaban J connectivity index is 0.00000541. The highest BCUT2D eigenvalue weighted by Crippen LogP contribution is 2.35. The van der Waals surface area contributed by atoms with Gasteiger partial charge in [0.1, 0.15) is 41.5 Å². The van der Waals surface area contributed by atoms with Crippen LogP contribution in [0.3, 0.4) is 0 Å². The van der Waals surface area contributed by atoms with Gasteiger partial charge in [0, 0.05) is 23.7 Å². The molecule has 12 nitrogen and oxygen atoms in total. The van der Waals surface area contributed by atoms with Crippen LogP contribution in [0.1, 0.15) is 40.5 Å². The van der Waals surface area contributed by atoms with Gasteiger partial charge in [0.05, 0.1) is 24.4 Å². The van der Waals surface area contributed by atoms with Crippen molar-refractivity contribution in [3.05, 3.63) is 73.1 Å². The van der Waals surface area contributed by atoms with Crippen LogP contribution in [0.15, 0.2) is 73.1 Å². The molecule has 0 bridgehead atoms. The van der Waals surface area contributed by atoms with Gasteiger partial charge in [-0.15, -0.1) is 12.4 Å². The summed E-state index contributed by atoms with van der Waals surface area (Å²) in [5.41, 5.74) is 1.23. The maximum Gasteiger partial charge on any atom is 0.247 e. The highest BCUT2D eigenvalue weighted by molar-refractivity contribution is 6.03. The molecule has 0 saturated carbocycles. The van der Waals surface area contributed by atoms with Gasteiger partial charge in [0.2, 0.25) is 17.7 Å². The number of nitrogens with zero attached hydrogens (tertiary/aromatic N) is 3.